The van der Waals surface area contributed by atoms with Crippen molar-refractivity contribution in [3.05, 3.63) is 29.3 Å². The lowest BCUT2D eigenvalue weighted by Gasteiger charge is -2.18. The molecule has 2 heteroatoms. The van der Waals surface area contributed by atoms with Crippen molar-refractivity contribution in [2.45, 2.75) is 39.5 Å². The number of benzene rings is 1. The van der Waals surface area contributed by atoms with Crippen molar-refractivity contribution in [2.75, 3.05) is 0 Å². The first-order valence-electron chi connectivity index (χ1n) is 5.07. The molecule has 1 aromatic carbocycles. The molecule has 0 N–H and O–H groups in total. The van der Waals surface area contributed by atoms with E-state index in [9.17, 15) is 0 Å². The molecule has 0 aliphatic carbocycles. The second-order valence-electron chi connectivity index (χ2n) is 4.21. The van der Waals surface area contributed by atoms with Crippen molar-refractivity contribution in [2.24, 2.45) is 0 Å². The van der Waals surface area contributed by atoms with Gasteiger partial charge in [-0.3, -0.25) is 0 Å². The van der Waals surface area contributed by atoms with Crippen molar-refractivity contribution in [3.8, 4) is 0 Å². The molecule has 0 unspecified atom stereocenters. The van der Waals surface area contributed by atoms with Gasteiger partial charge in [0.2, 0.25) is 0 Å². The molecule has 1 rings (SSSR count). The lowest BCUT2D eigenvalue weighted by atomic mass is 9.91. The SMILES string of the molecule is CC(C)c1cccc([Si]Br)c1C(C)C. The molecule has 0 amide bonds. The van der Waals surface area contributed by atoms with Crippen LogP contribution in [-0.4, -0.2) is 8.14 Å². The predicted molar refractivity (Wildman–Crippen MR) is 68.9 cm³/mol. The molecule has 0 bridgehead atoms. The molecular weight excluding hydrogens is 252 g/mol. The van der Waals surface area contributed by atoms with E-state index >= 15 is 0 Å². The normalized spacial score (nSPS) is 11.4. The van der Waals surface area contributed by atoms with Crippen LogP contribution >= 0.6 is 15.3 Å². The summed E-state index contributed by atoms with van der Waals surface area (Å²) in [6, 6.07) is 6.66. The van der Waals surface area contributed by atoms with Crippen molar-refractivity contribution in [1.82, 2.24) is 0 Å². The van der Waals surface area contributed by atoms with Crippen LogP contribution in [0.3, 0.4) is 0 Å². The van der Waals surface area contributed by atoms with E-state index in [0.29, 0.717) is 11.8 Å². The Morgan fingerprint density at radius 1 is 1.07 bits per heavy atom. The minimum atomic E-state index is 0.619. The smallest absolute Gasteiger partial charge is 0.125 e. The quantitative estimate of drug-likeness (QED) is 0.581. The Morgan fingerprint density at radius 3 is 2.14 bits per heavy atom. The van der Waals surface area contributed by atoms with Gasteiger partial charge in [0.1, 0.15) is 0 Å². The van der Waals surface area contributed by atoms with E-state index in [1.165, 1.54) is 16.3 Å². The van der Waals surface area contributed by atoms with Gasteiger partial charge in [-0.2, -0.15) is 0 Å². The second kappa shape index (κ2) is 5.13. The van der Waals surface area contributed by atoms with Gasteiger partial charge in [-0.25, -0.2) is 0 Å². The molecule has 0 saturated heterocycles. The summed E-state index contributed by atoms with van der Waals surface area (Å²) in [5, 5.41) is 1.46. The maximum Gasteiger partial charge on any atom is 0.176 e. The van der Waals surface area contributed by atoms with Crippen LogP contribution in [0.25, 0.3) is 0 Å². The number of hydrogen-bond donors (Lipinski definition) is 0. The first-order valence-corrected chi connectivity index (χ1v) is 8.33. The van der Waals surface area contributed by atoms with Crippen LogP contribution < -0.4 is 5.19 Å². The van der Waals surface area contributed by atoms with Crippen molar-refractivity contribution in [3.63, 3.8) is 0 Å². The minimum absolute atomic E-state index is 0.619. The Morgan fingerprint density at radius 2 is 1.71 bits per heavy atom. The summed E-state index contributed by atoms with van der Waals surface area (Å²) in [6.07, 6.45) is 0. The average molecular weight is 269 g/mol. The molecule has 0 aliphatic heterocycles. The topological polar surface area (TPSA) is 0 Å². The van der Waals surface area contributed by atoms with Crippen LogP contribution in [0.1, 0.15) is 50.7 Å². The fourth-order valence-corrected chi connectivity index (χ4v) is 3.54. The van der Waals surface area contributed by atoms with E-state index in [1.54, 1.807) is 0 Å². The lowest BCUT2D eigenvalue weighted by Crippen LogP contribution is -2.19. The number of rotatable bonds is 3. The van der Waals surface area contributed by atoms with Crippen LogP contribution in [0, 0.1) is 0 Å². The Bertz CT molecular complexity index is 305. The van der Waals surface area contributed by atoms with Gasteiger partial charge in [-0.1, -0.05) is 45.9 Å². The Balaban J connectivity index is 3.28. The van der Waals surface area contributed by atoms with Crippen molar-refractivity contribution < 1.29 is 0 Å². The van der Waals surface area contributed by atoms with E-state index in [-0.39, 0.29) is 0 Å². The second-order valence-corrected chi connectivity index (χ2v) is 6.13. The summed E-state index contributed by atoms with van der Waals surface area (Å²) in [7, 11) is 0.723. The molecule has 1 aromatic rings. The predicted octanol–water partition coefficient (Wildman–Crippen LogP) is 3.57. The maximum atomic E-state index is 3.59. The Hall–Kier alpha value is -0.0831. The zero-order valence-corrected chi connectivity index (χ0v) is 11.9. The van der Waals surface area contributed by atoms with Crippen molar-refractivity contribution in [1.29, 1.82) is 0 Å². The van der Waals surface area contributed by atoms with Crippen LogP contribution in [-0.2, 0) is 0 Å². The van der Waals surface area contributed by atoms with Crippen LogP contribution in [0.15, 0.2) is 18.2 Å². The summed E-state index contributed by atoms with van der Waals surface area (Å²) in [5.74, 6) is 1.24. The maximum absolute atomic E-state index is 3.59. The number of hydrogen-bond acceptors (Lipinski definition) is 0. The van der Waals surface area contributed by atoms with Gasteiger partial charge in [0.25, 0.3) is 0 Å². The third-order valence-electron chi connectivity index (χ3n) is 2.44. The summed E-state index contributed by atoms with van der Waals surface area (Å²) < 4.78 is 0. The van der Waals surface area contributed by atoms with Gasteiger partial charge in [0.05, 0.1) is 0 Å². The Kier molecular flexibility index (Phi) is 4.39. The van der Waals surface area contributed by atoms with Crippen molar-refractivity contribution >= 4 is 28.6 Å². The molecular formula is C12H17BrSi. The molecule has 76 valence electrons. The Labute approximate surface area is 97.5 Å². The summed E-state index contributed by atoms with van der Waals surface area (Å²) >= 11 is 3.59. The van der Waals surface area contributed by atoms with Gasteiger partial charge in [0, 0.05) is 0 Å². The van der Waals surface area contributed by atoms with Gasteiger partial charge in [-0.15, -0.1) is 15.3 Å². The molecule has 14 heavy (non-hydrogen) atoms. The fourth-order valence-electron chi connectivity index (χ4n) is 1.81. The van der Waals surface area contributed by atoms with Crippen LogP contribution in [0.4, 0.5) is 0 Å². The van der Waals surface area contributed by atoms with E-state index in [4.69, 9.17) is 0 Å². The third kappa shape index (κ3) is 2.48. The zero-order chi connectivity index (χ0) is 10.7. The zero-order valence-electron chi connectivity index (χ0n) is 9.26. The average Bonchev–Trinajstić information content (AvgIpc) is 2.16. The van der Waals surface area contributed by atoms with Gasteiger partial charge in [0.15, 0.2) is 8.14 Å². The van der Waals surface area contributed by atoms with Crippen LogP contribution in [0.2, 0.25) is 0 Å². The molecule has 0 heterocycles. The van der Waals surface area contributed by atoms with Gasteiger partial charge in [-0.05, 0) is 28.1 Å². The van der Waals surface area contributed by atoms with E-state index < -0.39 is 0 Å². The molecule has 0 atom stereocenters. The highest BCUT2D eigenvalue weighted by Crippen LogP contribution is 2.24. The molecule has 0 nitrogen and oxygen atoms in total. The fraction of sp³-hybridized carbons (Fsp3) is 0.500. The summed E-state index contributed by atoms with van der Waals surface area (Å²) in [5.41, 5.74) is 3.04. The minimum Gasteiger partial charge on any atom is -0.125 e. The van der Waals surface area contributed by atoms with E-state index in [2.05, 4.69) is 61.2 Å². The summed E-state index contributed by atoms with van der Waals surface area (Å²) in [4.78, 5) is 0. The standard InChI is InChI=1S/C12H17BrSi/c1-8(2)10-6-5-7-11(14-13)12(10)9(3)4/h5-9H,1-4H3. The van der Waals surface area contributed by atoms with Crippen LogP contribution in [0.5, 0.6) is 0 Å². The highest BCUT2D eigenvalue weighted by atomic mass is 79.9. The molecule has 0 fully saturated rings. The highest BCUT2D eigenvalue weighted by Gasteiger charge is 2.13. The van der Waals surface area contributed by atoms with Gasteiger partial charge >= 0.3 is 0 Å². The molecule has 0 aromatic heterocycles. The van der Waals surface area contributed by atoms with Gasteiger partial charge < -0.3 is 0 Å². The molecule has 0 saturated carbocycles. The number of halogens is 1. The monoisotopic (exact) mass is 268 g/mol. The molecule has 0 aliphatic rings. The largest absolute Gasteiger partial charge is 0.176 e. The third-order valence-corrected chi connectivity index (χ3v) is 4.36. The molecule has 0 spiro atoms. The summed E-state index contributed by atoms with van der Waals surface area (Å²) in [6.45, 7) is 9.08. The molecule has 2 radical (unpaired) electrons. The highest BCUT2D eigenvalue weighted by molar-refractivity contribution is 9.23. The lowest BCUT2D eigenvalue weighted by molar-refractivity contribution is 0.795. The first kappa shape index (κ1) is 12.0. The first-order chi connectivity index (χ1) is 6.57. The van der Waals surface area contributed by atoms with E-state index in [1.807, 2.05) is 0 Å². The van der Waals surface area contributed by atoms with E-state index in [0.717, 1.165) is 8.14 Å².